The van der Waals surface area contributed by atoms with Crippen molar-refractivity contribution in [3.63, 3.8) is 0 Å². The van der Waals surface area contributed by atoms with Crippen molar-refractivity contribution < 1.29 is 22.1 Å². The van der Waals surface area contributed by atoms with Crippen LogP contribution in [-0.2, 0) is 15.8 Å². The first-order chi connectivity index (χ1) is 13.5. The quantitative estimate of drug-likeness (QED) is 0.629. The van der Waals surface area contributed by atoms with Crippen LogP contribution in [-0.4, -0.2) is 43.1 Å². The van der Waals surface area contributed by atoms with Crippen LogP contribution >= 0.6 is 0 Å². The van der Waals surface area contributed by atoms with Crippen LogP contribution in [0.15, 0.2) is 53.1 Å². The van der Waals surface area contributed by atoms with Crippen LogP contribution in [0.2, 0.25) is 0 Å². The van der Waals surface area contributed by atoms with Crippen molar-refractivity contribution in [1.29, 1.82) is 0 Å². The number of nitrogens with zero attached hydrogens (tertiary/aromatic N) is 3. The van der Waals surface area contributed by atoms with Gasteiger partial charge < -0.3 is 9.26 Å². The van der Waals surface area contributed by atoms with Gasteiger partial charge in [0.1, 0.15) is 11.6 Å². The Balaban J connectivity index is 1.43. The zero-order valence-electron chi connectivity index (χ0n) is 15.1. The van der Waals surface area contributed by atoms with E-state index in [-0.39, 0.29) is 24.8 Å². The van der Waals surface area contributed by atoms with Gasteiger partial charge in [0.2, 0.25) is 21.7 Å². The van der Waals surface area contributed by atoms with Gasteiger partial charge in [-0.25, -0.2) is 12.8 Å². The van der Waals surface area contributed by atoms with Crippen LogP contribution in [0.5, 0.6) is 5.75 Å². The summed E-state index contributed by atoms with van der Waals surface area (Å²) in [5.41, 5.74) is 1.25. The van der Waals surface area contributed by atoms with Gasteiger partial charge in [-0.2, -0.15) is 9.29 Å². The minimum Gasteiger partial charge on any atom is -0.496 e. The molecule has 0 atom stereocenters. The van der Waals surface area contributed by atoms with Crippen molar-refractivity contribution in [2.75, 3.05) is 20.2 Å². The zero-order chi connectivity index (χ0) is 19.7. The molecule has 1 fully saturated rings. The topological polar surface area (TPSA) is 85.5 Å². The van der Waals surface area contributed by atoms with Gasteiger partial charge in [0.05, 0.1) is 24.3 Å². The summed E-state index contributed by atoms with van der Waals surface area (Å²) in [5, 5.41) is 3.99. The molecule has 1 aliphatic rings. The first kappa shape index (κ1) is 18.6. The van der Waals surface area contributed by atoms with E-state index in [0.29, 0.717) is 28.6 Å². The van der Waals surface area contributed by atoms with E-state index >= 15 is 0 Å². The maximum absolute atomic E-state index is 13.0. The second-order valence-corrected chi connectivity index (χ2v) is 8.52. The summed E-state index contributed by atoms with van der Waals surface area (Å²) in [6.45, 7) is 0.550. The number of hydrogen-bond acceptors (Lipinski definition) is 6. The van der Waals surface area contributed by atoms with Crippen molar-refractivity contribution >= 4 is 10.0 Å². The molecule has 2 aromatic carbocycles. The van der Waals surface area contributed by atoms with Crippen molar-refractivity contribution in [1.82, 2.24) is 14.4 Å². The third kappa shape index (κ3) is 3.63. The van der Waals surface area contributed by atoms with Crippen LogP contribution < -0.4 is 4.74 Å². The van der Waals surface area contributed by atoms with E-state index in [1.54, 1.807) is 13.2 Å². The highest BCUT2D eigenvalue weighted by Gasteiger charge is 2.39. The first-order valence-electron chi connectivity index (χ1n) is 8.65. The van der Waals surface area contributed by atoms with Gasteiger partial charge in [0, 0.05) is 13.1 Å². The minimum absolute atomic E-state index is 0.154. The van der Waals surface area contributed by atoms with E-state index in [9.17, 15) is 12.8 Å². The van der Waals surface area contributed by atoms with Crippen LogP contribution in [0.1, 0.15) is 17.4 Å². The number of sulfonamides is 1. The fourth-order valence-electron chi connectivity index (χ4n) is 3.04. The Morgan fingerprint density at radius 1 is 1.18 bits per heavy atom. The molecule has 0 radical (unpaired) electrons. The van der Waals surface area contributed by atoms with E-state index < -0.39 is 15.8 Å². The van der Waals surface area contributed by atoms with Crippen molar-refractivity contribution in [2.24, 2.45) is 0 Å². The predicted molar refractivity (Wildman–Crippen MR) is 99.6 cm³/mol. The first-order valence-corrected chi connectivity index (χ1v) is 10.3. The van der Waals surface area contributed by atoms with Crippen LogP contribution in [0.4, 0.5) is 4.39 Å². The molecule has 2 heterocycles. The molecule has 0 aliphatic carbocycles. The lowest BCUT2D eigenvalue weighted by Crippen LogP contribution is -2.48. The van der Waals surface area contributed by atoms with E-state index in [1.807, 2.05) is 18.2 Å². The van der Waals surface area contributed by atoms with Crippen LogP contribution in [0.25, 0.3) is 11.4 Å². The normalized spacial score (nSPS) is 15.4. The Hall–Kier alpha value is -2.78. The molecule has 7 nitrogen and oxygen atoms in total. The number of para-hydroxylation sites is 1. The molecule has 28 heavy (non-hydrogen) atoms. The molecule has 0 saturated carbocycles. The van der Waals surface area contributed by atoms with Crippen LogP contribution in [0, 0.1) is 5.82 Å². The van der Waals surface area contributed by atoms with Crippen molar-refractivity contribution in [3.8, 4) is 17.1 Å². The third-order valence-corrected chi connectivity index (χ3v) is 6.43. The van der Waals surface area contributed by atoms with Crippen LogP contribution in [0.3, 0.4) is 0 Å². The van der Waals surface area contributed by atoms with Crippen molar-refractivity contribution in [2.45, 2.75) is 11.7 Å². The van der Waals surface area contributed by atoms with E-state index in [0.717, 1.165) is 0 Å². The number of aromatic nitrogens is 2. The van der Waals surface area contributed by atoms with Gasteiger partial charge >= 0.3 is 0 Å². The molecule has 146 valence electrons. The number of halogens is 1. The summed E-state index contributed by atoms with van der Waals surface area (Å²) in [7, 11) is -1.92. The Kier molecular flexibility index (Phi) is 4.86. The summed E-state index contributed by atoms with van der Waals surface area (Å²) in [6, 6.07) is 12.8. The number of methoxy groups -OCH3 is 1. The monoisotopic (exact) mass is 403 g/mol. The molecule has 3 aromatic rings. The molecule has 9 heteroatoms. The molecule has 0 unspecified atom stereocenters. The second kappa shape index (κ2) is 7.33. The highest BCUT2D eigenvalue weighted by atomic mass is 32.2. The molecule has 4 rings (SSSR count). The largest absolute Gasteiger partial charge is 0.496 e. The maximum atomic E-state index is 13.0. The fourth-order valence-corrected chi connectivity index (χ4v) is 4.65. The fraction of sp³-hybridized carbons (Fsp3) is 0.263. The predicted octanol–water partition coefficient (Wildman–Crippen LogP) is 2.81. The highest BCUT2D eigenvalue weighted by Crippen LogP contribution is 2.32. The van der Waals surface area contributed by atoms with Gasteiger partial charge in [0.25, 0.3) is 0 Å². The van der Waals surface area contributed by atoms with Gasteiger partial charge in [-0.15, -0.1) is 0 Å². The Labute approximate surface area is 161 Å². The van der Waals surface area contributed by atoms with E-state index in [4.69, 9.17) is 9.26 Å². The molecule has 1 aromatic heterocycles. The summed E-state index contributed by atoms with van der Waals surface area (Å²) >= 11 is 0. The van der Waals surface area contributed by atoms with E-state index in [2.05, 4.69) is 10.1 Å². The average molecular weight is 403 g/mol. The smallest absolute Gasteiger partial charge is 0.232 e. The molecule has 0 spiro atoms. The van der Waals surface area contributed by atoms with Gasteiger partial charge in [-0.3, -0.25) is 0 Å². The van der Waals surface area contributed by atoms with E-state index in [1.165, 1.54) is 28.6 Å². The minimum atomic E-state index is -3.49. The Morgan fingerprint density at radius 2 is 1.89 bits per heavy atom. The highest BCUT2D eigenvalue weighted by molar-refractivity contribution is 7.88. The molecule has 0 amide bonds. The third-order valence-electron chi connectivity index (χ3n) is 4.64. The molecular weight excluding hydrogens is 385 g/mol. The summed E-state index contributed by atoms with van der Waals surface area (Å²) < 4.78 is 50.0. The second-order valence-electron chi connectivity index (χ2n) is 6.55. The number of rotatable bonds is 6. The number of ether oxygens (including phenoxy) is 1. The molecule has 0 N–H and O–H groups in total. The average Bonchev–Trinajstić information content (AvgIpc) is 3.11. The number of hydrogen-bond donors (Lipinski definition) is 0. The van der Waals surface area contributed by atoms with Crippen molar-refractivity contribution in [3.05, 3.63) is 65.8 Å². The lowest BCUT2D eigenvalue weighted by atomic mass is 10.0. The summed E-state index contributed by atoms with van der Waals surface area (Å²) in [6.07, 6.45) is 0. The van der Waals surface area contributed by atoms with Gasteiger partial charge in [0.15, 0.2) is 0 Å². The Morgan fingerprint density at radius 3 is 2.61 bits per heavy atom. The molecular formula is C19H18FN3O4S. The number of benzene rings is 2. The Bertz CT molecular complexity index is 1080. The maximum Gasteiger partial charge on any atom is 0.232 e. The summed E-state index contributed by atoms with van der Waals surface area (Å²) in [4.78, 5) is 4.40. The summed E-state index contributed by atoms with van der Waals surface area (Å²) in [5.74, 6) is 0.712. The lowest BCUT2D eigenvalue weighted by molar-refractivity contribution is 0.216. The lowest BCUT2D eigenvalue weighted by Gasteiger charge is -2.35. The van der Waals surface area contributed by atoms with Gasteiger partial charge in [-0.1, -0.05) is 29.4 Å². The standard InChI is InChI=1S/C19H18FN3O4S/c1-26-17-5-3-2-4-16(17)18-21-19(27-22-18)14-10-23(11-14)28(24,25)12-13-6-8-15(20)9-7-13/h2-9,14H,10-12H2,1H3. The molecule has 1 saturated heterocycles. The zero-order valence-corrected chi connectivity index (χ0v) is 15.9. The van der Waals surface area contributed by atoms with Gasteiger partial charge in [-0.05, 0) is 29.8 Å². The molecule has 1 aliphatic heterocycles. The SMILES string of the molecule is COc1ccccc1-c1noc(C2CN(S(=O)(=O)Cc3ccc(F)cc3)C2)n1. The molecule has 0 bridgehead atoms.